The van der Waals surface area contributed by atoms with Gasteiger partial charge in [-0.15, -0.1) is 12.6 Å². The summed E-state index contributed by atoms with van der Waals surface area (Å²) in [5.74, 6) is -0.620. The summed E-state index contributed by atoms with van der Waals surface area (Å²) in [7, 11) is -2.81. The number of benzene rings is 3. The van der Waals surface area contributed by atoms with Gasteiger partial charge in [0.2, 0.25) is 0 Å². The van der Waals surface area contributed by atoms with E-state index in [1.165, 1.54) is 15.6 Å². The van der Waals surface area contributed by atoms with Gasteiger partial charge in [0.05, 0.1) is 6.61 Å². The van der Waals surface area contributed by atoms with Crippen LogP contribution in [0.1, 0.15) is 13.8 Å². The molecule has 29 heavy (non-hydrogen) atoms. The summed E-state index contributed by atoms with van der Waals surface area (Å²) in [6, 6.07) is 31.4. The predicted molar refractivity (Wildman–Crippen MR) is 123 cm³/mol. The van der Waals surface area contributed by atoms with Crippen molar-refractivity contribution in [2.24, 2.45) is 0 Å². The molecule has 0 unspecified atom stereocenters. The van der Waals surface area contributed by atoms with E-state index in [1.54, 1.807) is 0 Å². The van der Waals surface area contributed by atoms with Crippen LogP contribution < -0.4 is 15.6 Å². The van der Waals surface area contributed by atoms with Crippen LogP contribution in [0.25, 0.3) is 0 Å². The van der Waals surface area contributed by atoms with Crippen molar-refractivity contribution >= 4 is 36.5 Å². The van der Waals surface area contributed by atoms with Gasteiger partial charge in [0.1, 0.15) is 11.5 Å². The molecule has 2 atom stereocenters. The van der Waals surface area contributed by atoms with Gasteiger partial charge < -0.3 is 13.9 Å². The molecule has 150 valence electrons. The molecule has 1 aliphatic rings. The molecule has 0 N–H and O–H groups in total. The van der Waals surface area contributed by atoms with Crippen LogP contribution in [0.3, 0.4) is 0 Å². The normalized spacial score (nSPS) is 19.8. The van der Waals surface area contributed by atoms with Crippen LogP contribution in [0.2, 0.25) is 0 Å². The zero-order valence-electron chi connectivity index (χ0n) is 16.7. The molecule has 3 aromatic rings. The Labute approximate surface area is 179 Å². The highest BCUT2D eigenvalue weighted by Gasteiger charge is 2.46. The Balaban J connectivity index is 1.84. The summed E-state index contributed by atoms with van der Waals surface area (Å²) in [5.41, 5.74) is -0.427. The van der Waals surface area contributed by atoms with Gasteiger partial charge >= 0.3 is 0 Å². The standard InChI is InChI=1S/C24H26O3SSi/c1-24(2)25-18-22(26-24)23(28)27-29(19-12-6-3-7-13-19,20-14-8-4-9-15-20)21-16-10-5-11-17-21/h3-17,22-23,28H,18H2,1-2H3/t22-,23-/m1/s1. The first kappa shape index (κ1) is 20.4. The van der Waals surface area contributed by atoms with Crippen molar-refractivity contribution in [3.63, 3.8) is 0 Å². The number of hydrogen-bond donors (Lipinski definition) is 1. The summed E-state index contributed by atoms with van der Waals surface area (Å²) in [5, 5.41) is 3.53. The summed E-state index contributed by atoms with van der Waals surface area (Å²) in [6.07, 6.45) is -0.239. The lowest BCUT2D eigenvalue weighted by atomic mass is 10.3. The van der Waals surface area contributed by atoms with E-state index in [9.17, 15) is 0 Å². The van der Waals surface area contributed by atoms with E-state index in [0.29, 0.717) is 6.61 Å². The van der Waals surface area contributed by atoms with Gasteiger partial charge in [-0.2, -0.15) is 0 Å². The molecule has 3 aromatic carbocycles. The van der Waals surface area contributed by atoms with Gasteiger partial charge in [0, 0.05) is 0 Å². The topological polar surface area (TPSA) is 27.7 Å². The van der Waals surface area contributed by atoms with Gasteiger partial charge in [-0.3, -0.25) is 0 Å². The number of hydrogen-bond acceptors (Lipinski definition) is 4. The van der Waals surface area contributed by atoms with Gasteiger partial charge in [-0.25, -0.2) is 0 Å². The van der Waals surface area contributed by atoms with Crippen LogP contribution in [0.15, 0.2) is 91.0 Å². The van der Waals surface area contributed by atoms with Crippen molar-refractivity contribution in [1.82, 2.24) is 0 Å². The first-order valence-electron chi connectivity index (χ1n) is 9.85. The number of ether oxygens (including phenoxy) is 2. The van der Waals surface area contributed by atoms with E-state index in [0.717, 1.165) is 0 Å². The second kappa shape index (κ2) is 8.46. The van der Waals surface area contributed by atoms with Crippen LogP contribution >= 0.6 is 12.6 Å². The van der Waals surface area contributed by atoms with Gasteiger partial charge in [-0.1, -0.05) is 91.0 Å². The zero-order chi connectivity index (χ0) is 20.3. The van der Waals surface area contributed by atoms with E-state index < -0.39 is 19.5 Å². The molecule has 0 aromatic heterocycles. The summed E-state index contributed by atoms with van der Waals surface area (Å²) in [4.78, 5) is 0. The van der Waals surface area contributed by atoms with Crippen molar-refractivity contribution < 1.29 is 13.9 Å². The van der Waals surface area contributed by atoms with Gasteiger partial charge in [0.25, 0.3) is 8.32 Å². The molecular weight excluding hydrogens is 396 g/mol. The van der Waals surface area contributed by atoms with Gasteiger partial charge in [0.15, 0.2) is 5.79 Å². The second-order valence-corrected chi connectivity index (χ2v) is 11.5. The number of thiol groups is 1. The van der Waals surface area contributed by atoms with Crippen LogP contribution in [-0.4, -0.2) is 32.3 Å². The zero-order valence-corrected chi connectivity index (χ0v) is 18.6. The summed E-state index contributed by atoms with van der Waals surface area (Å²) < 4.78 is 18.8. The fourth-order valence-corrected chi connectivity index (χ4v) is 8.36. The maximum Gasteiger partial charge on any atom is 0.289 e. The highest BCUT2D eigenvalue weighted by Crippen LogP contribution is 2.28. The SMILES string of the molecule is CC1(C)OC[C@H]([C@@H](S)O[Si](c2ccccc2)(c2ccccc2)c2ccccc2)O1. The molecule has 4 rings (SSSR count). The lowest BCUT2D eigenvalue weighted by molar-refractivity contribution is -0.143. The molecule has 0 bridgehead atoms. The van der Waals surface area contributed by atoms with Crippen molar-refractivity contribution in [1.29, 1.82) is 0 Å². The van der Waals surface area contributed by atoms with E-state index in [4.69, 9.17) is 26.5 Å². The van der Waals surface area contributed by atoms with Crippen LogP contribution in [0.4, 0.5) is 0 Å². The quantitative estimate of drug-likeness (QED) is 0.286. The minimum atomic E-state index is -2.81. The Morgan fingerprint density at radius 1 is 0.828 bits per heavy atom. The molecular formula is C24H26O3SSi. The molecule has 0 saturated carbocycles. The molecule has 1 fully saturated rings. The minimum Gasteiger partial charge on any atom is -0.389 e. The maximum absolute atomic E-state index is 6.97. The van der Waals surface area contributed by atoms with E-state index in [2.05, 4.69) is 72.8 Å². The first-order valence-corrected chi connectivity index (χ1v) is 12.3. The highest BCUT2D eigenvalue weighted by molar-refractivity contribution is 7.80. The lowest BCUT2D eigenvalue weighted by Crippen LogP contribution is -2.70. The largest absolute Gasteiger partial charge is 0.389 e. The summed E-state index contributed by atoms with van der Waals surface area (Å²) >= 11 is 4.85. The third-order valence-corrected chi connectivity index (χ3v) is 9.87. The number of rotatable bonds is 6. The third kappa shape index (κ3) is 4.20. The second-order valence-electron chi connectivity index (χ2n) is 7.65. The Morgan fingerprint density at radius 2 is 1.24 bits per heavy atom. The Hall–Kier alpha value is -1.89. The van der Waals surface area contributed by atoms with Crippen LogP contribution in [-0.2, 0) is 13.9 Å². The highest BCUT2D eigenvalue weighted by atomic mass is 32.1. The molecule has 3 nitrogen and oxygen atoms in total. The van der Waals surface area contributed by atoms with Gasteiger partial charge in [-0.05, 0) is 29.4 Å². The predicted octanol–water partition coefficient (Wildman–Crippen LogP) is 3.08. The molecule has 0 spiro atoms. The Morgan fingerprint density at radius 3 is 1.59 bits per heavy atom. The first-order chi connectivity index (χ1) is 14.0. The van der Waals surface area contributed by atoms with E-state index >= 15 is 0 Å². The molecule has 0 radical (unpaired) electrons. The Bertz CT molecular complexity index is 822. The molecule has 1 aliphatic heterocycles. The van der Waals surface area contributed by atoms with Crippen LogP contribution in [0, 0.1) is 0 Å². The van der Waals surface area contributed by atoms with Crippen LogP contribution in [0.5, 0.6) is 0 Å². The molecule has 5 heteroatoms. The monoisotopic (exact) mass is 422 g/mol. The minimum absolute atomic E-state index is 0.239. The molecule has 1 heterocycles. The van der Waals surface area contributed by atoms with Crippen molar-refractivity contribution in [3.05, 3.63) is 91.0 Å². The fraction of sp³-hybridized carbons (Fsp3) is 0.250. The van der Waals surface area contributed by atoms with Crippen molar-refractivity contribution in [2.45, 2.75) is 31.2 Å². The van der Waals surface area contributed by atoms with Crippen molar-refractivity contribution in [3.8, 4) is 0 Å². The average molecular weight is 423 g/mol. The van der Waals surface area contributed by atoms with E-state index in [1.807, 2.05) is 32.0 Å². The lowest BCUT2D eigenvalue weighted by Gasteiger charge is -2.36. The molecule has 0 amide bonds. The average Bonchev–Trinajstić information content (AvgIpc) is 3.14. The fourth-order valence-electron chi connectivity index (χ4n) is 3.84. The summed E-state index contributed by atoms with van der Waals surface area (Å²) in [6.45, 7) is 4.30. The van der Waals surface area contributed by atoms with E-state index in [-0.39, 0.29) is 6.10 Å². The van der Waals surface area contributed by atoms with Crippen molar-refractivity contribution in [2.75, 3.05) is 6.61 Å². The Kier molecular flexibility index (Phi) is 5.95. The maximum atomic E-state index is 6.97. The third-order valence-electron chi connectivity index (χ3n) is 5.19. The smallest absolute Gasteiger partial charge is 0.289 e. The molecule has 1 saturated heterocycles. The molecule has 0 aliphatic carbocycles.